The number of hydrogen-bond acceptors (Lipinski definition) is 4. The van der Waals surface area contributed by atoms with Crippen molar-refractivity contribution in [1.82, 2.24) is 20.0 Å². The van der Waals surface area contributed by atoms with Crippen LogP contribution in [0.2, 0.25) is 0 Å². The van der Waals surface area contributed by atoms with Crippen molar-refractivity contribution in [3.8, 4) is 0 Å². The highest BCUT2D eigenvalue weighted by molar-refractivity contribution is 14.0. The van der Waals surface area contributed by atoms with Crippen molar-refractivity contribution in [2.75, 3.05) is 46.5 Å². The Balaban J connectivity index is 0.00000243. The number of aryl methyl sites for hydroxylation is 1. The van der Waals surface area contributed by atoms with E-state index in [9.17, 15) is 0 Å². The van der Waals surface area contributed by atoms with Crippen molar-refractivity contribution in [3.05, 3.63) is 18.0 Å². The molecule has 0 spiro atoms. The summed E-state index contributed by atoms with van der Waals surface area (Å²) in [6, 6.07) is 0. The first-order valence-electron chi connectivity index (χ1n) is 9.39. The molecule has 2 aliphatic rings. The molecule has 0 radical (unpaired) electrons. The van der Waals surface area contributed by atoms with Crippen LogP contribution >= 0.6 is 24.0 Å². The molecule has 26 heavy (non-hydrogen) atoms. The molecule has 8 heteroatoms. The summed E-state index contributed by atoms with van der Waals surface area (Å²) < 4.78 is 13.1. The largest absolute Gasteiger partial charge is 0.379 e. The van der Waals surface area contributed by atoms with Crippen LogP contribution in [0.5, 0.6) is 0 Å². The van der Waals surface area contributed by atoms with E-state index < -0.39 is 0 Å². The summed E-state index contributed by atoms with van der Waals surface area (Å²) in [5.74, 6) is 1.53. The minimum absolute atomic E-state index is 0. The van der Waals surface area contributed by atoms with Crippen LogP contribution in [0.25, 0.3) is 0 Å². The molecule has 2 atom stereocenters. The minimum atomic E-state index is 0. The summed E-state index contributed by atoms with van der Waals surface area (Å²) in [5.41, 5.74) is 1.32. The van der Waals surface area contributed by atoms with Crippen molar-refractivity contribution in [2.45, 2.75) is 37.7 Å². The Morgan fingerprint density at radius 3 is 3.04 bits per heavy atom. The zero-order chi connectivity index (χ0) is 17.5. The van der Waals surface area contributed by atoms with E-state index in [1.165, 1.54) is 12.0 Å². The second kappa shape index (κ2) is 11.1. The number of ether oxygens (including phenoxy) is 2. The standard InChI is InChI=1S/C18H31N5O2.HI/c1-19-18(20-7-4-9-24-14-17-5-3-10-25-17)23-8-6-15(13-23)16-11-21-22(2)12-16;/h11-12,15,17H,3-10,13-14H2,1-2H3,(H,19,20);1H. The van der Waals surface area contributed by atoms with Gasteiger partial charge in [-0.25, -0.2) is 0 Å². The fraction of sp³-hybridized carbons (Fsp3) is 0.778. The minimum Gasteiger partial charge on any atom is -0.379 e. The highest BCUT2D eigenvalue weighted by atomic mass is 127. The number of aliphatic imine (C=N–C) groups is 1. The van der Waals surface area contributed by atoms with Crippen molar-refractivity contribution >= 4 is 29.9 Å². The second-order valence-electron chi connectivity index (χ2n) is 6.92. The van der Waals surface area contributed by atoms with E-state index in [0.29, 0.717) is 12.0 Å². The summed E-state index contributed by atoms with van der Waals surface area (Å²) >= 11 is 0. The van der Waals surface area contributed by atoms with Gasteiger partial charge in [-0.05, 0) is 31.2 Å². The van der Waals surface area contributed by atoms with E-state index in [4.69, 9.17) is 9.47 Å². The number of nitrogens with one attached hydrogen (secondary N) is 1. The van der Waals surface area contributed by atoms with Crippen LogP contribution in [-0.2, 0) is 16.5 Å². The van der Waals surface area contributed by atoms with Gasteiger partial charge in [-0.1, -0.05) is 0 Å². The van der Waals surface area contributed by atoms with Gasteiger partial charge in [-0.3, -0.25) is 9.67 Å². The van der Waals surface area contributed by atoms with E-state index in [1.54, 1.807) is 0 Å². The van der Waals surface area contributed by atoms with Crippen molar-refractivity contribution in [3.63, 3.8) is 0 Å². The van der Waals surface area contributed by atoms with Crippen LogP contribution in [0.1, 0.15) is 37.2 Å². The van der Waals surface area contributed by atoms with Gasteiger partial charge in [0.2, 0.25) is 0 Å². The van der Waals surface area contributed by atoms with Gasteiger partial charge in [-0.15, -0.1) is 24.0 Å². The third-order valence-electron chi connectivity index (χ3n) is 4.97. The predicted molar refractivity (Wildman–Crippen MR) is 113 cm³/mol. The monoisotopic (exact) mass is 477 g/mol. The SMILES string of the molecule is CN=C(NCCCOCC1CCCO1)N1CCC(c2cnn(C)c2)C1.I. The molecule has 0 aromatic carbocycles. The zero-order valence-electron chi connectivity index (χ0n) is 15.9. The third kappa shape index (κ3) is 6.09. The Kier molecular flexibility index (Phi) is 9.13. The van der Waals surface area contributed by atoms with Crippen LogP contribution in [0, 0.1) is 0 Å². The van der Waals surface area contributed by atoms with Crippen LogP contribution in [0.4, 0.5) is 0 Å². The Bertz CT molecular complexity index is 560. The number of hydrogen-bond donors (Lipinski definition) is 1. The van der Waals surface area contributed by atoms with Gasteiger partial charge in [0.15, 0.2) is 5.96 Å². The highest BCUT2D eigenvalue weighted by Crippen LogP contribution is 2.26. The molecular formula is C18H32IN5O2. The van der Waals surface area contributed by atoms with Gasteiger partial charge >= 0.3 is 0 Å². The average Bonchev–Trinajstić information content (AvgIpc) is 3.35. The van der Waals surface area contributed by atoms with E-state index in [2.05, 4.69) is 26.5 Å². The molecule has 2 saturated heterocycles. The van der Waals surface area contributed by atoms with Gasteiger partial charge < -0.3 is 19.7 Å². The average molecular weight is 477 g/mol. The van der Waals surface area contributed by atoms with Gasteiger partial charge in [0, 0.05) is 59.1 Å². The fourth-order valence-corrected chi connectivity index (χ4v) is 3.57. The van der Waals surface area contributed by atoms with Crippen molar-refractivity contribution in [2.24, 2.45) is 12.0 Å². The van der Waals surface area contributed by atoms with E-state index >= 15 is 0 Å². The third-order valence-corrected chi connectivity index (χ3v) is 4.97. The van der Waals surface area contributed by atoms with Crippen LogP contribution < -0.4 is 5.32 Å². The number of likely N-dealkylation sites (tertiary alicyclic amines) is 1. The van der Waals surface area contributed by atoms with Crippen LogP contribution in [-0.4, -0.2) is 73.2 Å². The molecule has 148 valence electrons. The lowest BCUT2D eigenvalue weighted by Crippen LogP contribution is -2.40. The molecule has 1 aromatic rings. The lowest BCUT2D eigenvalue weighted by Gasteiger charge is -2.21. The summed E-state index contributed by atoms with van der Waals surface area (Å²) in [5, 5.41) is 7.75. The molecule has 0 saturated carbocycles. The maximum atomic E-state index is 5.71. The highest BCUT2D eigenvalue weighted by Gasteiger charge is 2.26. The Morgan fingerprint density at radius 1 is 1.46 bits per heavy atom. The maximum Gasteiger partial charge on any atom is 0.193 e. The first-order chi connectivity index (χ1) is 12.3. The second-order valence-corrected chi connectivity index (χ2v) is 6.92. The number of rotatable bonds is 7. The molecular weight excluding hydrogens is 445 g/mol. The number of nitrogens with zero attached hydrogens (tertiary/aromatic N) is 4. The lowest BCUT2D eigenvalue weighted by atomic mass is 10.0. The molecule has 2 fully saturated rings. The van der Waals surface area contributed by atoms with E-state index in [1.807, 2.05) is 25.0 Å². The molecule has 1 aromatic heterocycles. The summed E-state index contributed by atoms with van der Waals surface area (Å²) in [4.78, 5) is 6.77. The Hall–Kier alpha value is -0.870. The first kappa shape index (κ1) is 21.4. The van der Waals surface area contributed by atoms with Gasteiger partial charge in [0.1, 0.15) is 0 Å². The van der Waals surface area contributed by atoms with Crippen molar-refractivity contribution in [1.29, 1.82) is 0 Å². The van der Waals surface area contributed by atoms with Gasteiger partial charge in [0.05, 0.1) is 18.9 Å². The van der Waals surface area contributed by atoms with Gasteiger partial charge in [0.25, 0.3) is 0 Å². The predicted octanol–water partition coefficient (Wildman–Crippen LogP) is 1.99. The lowest BCUT2D eigenvalue weighted by molar-refractivity contribution is 0.0168. The van der Waals surface area contributed by atoms with Crippen LogP contribution in [0.3, 0.4) is 0 Å². The smallest absolute Gasteiger partial charge is 0.193 e. The van der Waals surface area contributed by atoms with E-state index in [0.717, 1.165) is 64.7 Å². The molecule has 2 aliphatic heterocycles. The zero-order valence-corrected chi connectivity index (χ0v) is 18.2. The summed E-state index contributed by atoms with van der Waals surface area (Å²) in [7, 11) is 3.82. The maximum absolute atomic E-state index is 5.71. The first-order valence-corrected chi connectivity index (χ1v) is 9.39. The van der Waals surface area contributed by atoms with Crippen molar-refractivity contribution < 1.29 is 9.47 Å². The molecule has 3 rings (SSSR count). The Morgan fingerprint density at radius 2 is 2.35 bits per heavy atom. The van der Waals surface area contributed by atoms with E-state index in [-0.39, 0.29) is 24.0 Å². The molecule has 0 amide bonds. The molecule has 3 heterocycles. The molecule has 0 aliphatic carbocycles. The summed E-state index contributed by atoms with van der Waals surface area (Å²) in [6.45, 7) is 5.31. The number of halogens is 1. The Labute approximate surface area is 173 Å². The topological polar surface area (TPSA) is 63.9 Å². The van der Waals surface area contributed by atoms with Gasteiger partial charge in [-0.2, -0.15) is 5.10 Å². The number of guanidine groups is 1. The molecule has 1 N–H and O–H groups in total. The normalized spacial score (nSPS) is 23.3. The molecule has 7 nitrogen and oxygen atoms in total. The van der Waals surface area contributed by atoms with Crippen LogP contribution in [0.15, 0.2) is 17.4 Å². The number of aromatic nitrogens is 2. The molecule has 0 bridgehead atoms. The summed E-state index contributed by atoms with van der Waals surface area (Å²) in [6.07, 6.45) is 8.85. The quantitative estimate of drug-likeness (QED) is 0.282. The fourth-order valence-electron chi connectivity index (χ4n) is 3.57. The molecule has 2 unspecified atom stereocenters.